The van der Waals surface area contributed by atoms with Gasteiger partial charge in [-0.3, -0.25) is 0 Å². The largest absolute Gasteiger partial charge is 0.384 e. The first-order valence-electron chi connectivity index (χ1n) is 5.15. The molecule has 4 nitrogen and oxygen atoms in total. The third kappa shape index (κ3) is 4.88. The summed E-state index contributed by atoms with van der Waals surface area (Å²) < 4.78 is 0. The highest BCUT2D eigenvalue weighted by Crippen LogP contribution is 2.08. The highest BCUT2D eigenvalue weighted by Gasteiger charge is 2.03. The molecule has 0 fully saturated rings. The van der Waals surface area contributed by atoms with Crippen molar-refractivity contribution in [3.63, 3.8) is 0 Å². The summed E-state index contributed by atoms with van der Waals surface area (Å²) in [7, 11) is 0. The molecule has 1 aromatic heterocycles. The number of rotatable bonds is 6. The molecule has 15 heavy (non-hydrogen) atoms. The molecule has 0 bridgehead atoms. The maximum atomic E-state index is 5.56. The standard InChI is InChI=1S/C10H18N4S/c1-3-15-7-5-8(2)13-10-12-6-4-9(11)14-10/h4,6,8H,3,5,7H2,1-2H3,(H3,11,12,13,14). The van der Waals surface area contributed by atoms with E-state index < -0.39 is 0 Å². The zero-order valence-electron chi connectivity index (χ0n) is 9.23. The van der Waals surface area contributed by atoms with E-state index in [1.165, 1.54) is 5.75 Å². The molecular weight excluding hydrogens is 208 g/mol. The number of nitrogens with two attached hydrogens (primary N) is 1. The van der Waals surface area contributed by atoms with Crippen LogP contribution in [0.15, 0.2) is 12.3 Å². The quantitative estimate of drug-likeness (QED) is 0.726. The molecule has 0 saturated heterocycles. The number of thioether (sulfide) groups is 1. The molecule has 1 unspecified atom stereocenters. The summed E-state index contributed by atoms with van der Waals surface area (Å²) in [4.78, 5) is 8.19. The van der Waals surface area contributed by atoms with Crippen LogP contribution in [0.1, 0.15) is 20.3 Å². The molecule has 0 amide bonds. The molecule has 1 heterocycles. The summed E-state index contributed by atoms with van der Waals surface area (Å²) in [5.41, 5.74) is 5.56. The van der Waals surface area contributed by atoms with Crippen LogP contribution in [0.5, 0.6) is 0 Å². The Hall–Kier alpha value is -0.970. The molecule has 0 aliphatic carbocycles. The number of anilines is 2. The minimum absolute atomic E-state index is 0.380. The van der Waals surface area contributed by atoms with Crippen molar-refractivity contribution >= 4 is 23.5 Å². The average Bonchev–Trinajstić information content (AvgIpc) is 2.18. The number of hydrogen-bond donors (Lipinski definition) is 2. The fraction of sp³-hybridized carbons (Fsp3) is 0.600. The van der Waals surface area contributed by atoms with Gasteiger partial charge in [0.1, 0.15) is 5.82 Å². The second kappa shape index (κ2) is 6.50. The Bertz CT molecular complexity index is 293. The van der Waals surface area contributed by atoms with Gasteiger partial charge in [-0.2, -0.15) is 16.7 Å². The first kappa shape index (κ1) is 12.1. The minimum atomic E-state index is 0.380. The zero-order chi connectivity index (χ0) is 11.1. The third-order valence-corrected chi connectivity index (χ3v) is 2.88. The van der Waals surface area contributed by atoms with E-state index in [1.54, 1.807) is 12.3 Å². The van der Waals surface area contributed by atoms with E-state index >= 15 is 0 Å². The number of nitrogens with zero attached hydrogens (tertiary/aromatic N) is 2. The van der Waals surface area contributed by atoms with Gasteiger partial charge in [0.15, 0.2) is 0 Å². The molecule has 1 rings (SSSR count). The molecule has 0 saturated carbocycles. The van der Waals surface area contributed by atoms with Gasteiger partial charge in [-0.15, -0.1) is 0 Å². The Balaban J connectivity index is 2.34. The maximum Gasteiger partial charge on any atom is 0.224 e. The topological polar surface area (TPSA) is 63.8 Å². The molecule has 0 aliphatic rings. The van der Waals surface area contributed by atoms with Crippen LogP contribution < -0.4 is 11.1 Å². The fourth-order valence-electron chi connectivity index (χ4n) is 1.14. The van der Waals surface area contributed by atoms with Gasteiger partial charge in [-0.25, -0.2) is 4.98 Å². The Morgan fingerprint density at radius 3 is 3.07 bits per heavy atom. The summed E-state index contributed by atoms with van der Waals surface area (Å²) in [5, 5.41) is 3.23. The highest BCUT2D eigenvalue weighted by atomic mass is 32.2. The number of nitrogens with one attached hydrogen (secondary N) is 1. The van der Waals surface area contributed by atoms with Gasteiger partial charge in [0.05, 0.1) is 0 Å². The van der Waals surface area contributed by atoms with Gasteiger partial charge >= 0.3 is 0 Å². The second-order valence-corrected chi connectivity index (χ2v) is 4.73. The summed E-state index contributed by atoms with van der Waals surface area (Å²) >= 11 is 1.94. The lowest BCUT2D eigenvalue weighted by Crippen LogP contribution is -2.18. The van der Waals surface area contributed by atoms with Gasteiger partial charge in [0.25, 0.3) is 0 Å². The summed E-state index contributed by atoms with van der Waals surface area (Å²) in [6, 6.07) is 2.06. The lowest BCUT2D eigenvalue weighted by molar-refractivity contribution is 0.760. The molecule has 3 N–H and O–H groups in total. The predicted octanol–water partition coefficient (Wildman–Crippen LogP) is 2.00. The summed E-state index contributed by atoms with van der Waals surface area (Å²) in [5.74, 6) is 3.45. The SMILES string of the molecule is CCSCCC(C)Nc1nccc(N)n1. The Kier molecular flexibility index (Phi) is 5.25. The van der Waals surface area contributed by atoms with Gasteiger partial charge in [0, 0.05) is 12.2 Å². The average molecular weight is 226 g/mol. The number of hydrogen-bond acceptors (Lipinski definition) is 5. The van der Waals surface area contributed by atoms with Crippen molar-refractivity contribution in [2.24, 2.45) is 0 Å². The van der Waals surface area contributed by atoms with Crippen molar-refractivity contribution < 1.29 is 0 Å². The van der Waals surface area contributed by atoms with E-state index in [1.807, 2.05) is 11.8 Å². The van der Waals surface area contributed by atoms with Gasteiger partial charge in [-0.05, 0) is 30.9 Å². The van der Waals surface area contributed by atoms with Crippen molar-refractivity contribution in [2.75, 3.05) is 22.6 Å². The minimum Gasteiger partial charge on any atom is -0.384 e. The van der Waals surface area contributed by atoms with E-state index in [0.29, 0.717) is 17.8 Å². The van der Waals surface area contributed by atoms with Crippen LogP contribution in [0.25, 0.3) is 0 Å². The van der Waals surface area contributed by atoms with E-state index in [-0.39, 0.29) is 0 Å². The lowest BCUT2D eigenvalue weighted by Gasteiger charge is -2.13. The van der Waals surface area contributed by atoms with Crippen molar-refractivity contribution in [3.05, 3.63) is 12.3 Å². The monoisotopic (exact) mass is 226 g/mol. The normalized spacial score (nSPS) is 12.4. The first-order valence-corrected chi connectivity index (χ1v) is 6.30. The van der Waals surface area contributed by atoms with E-state index in [2.05, 4.69) is 29.1 Å². The van der Waals surface area contributed by atoms with Crippen LogP contribution >= 0.6 is 11.8 Å². The van der Waals surface area contributed by atoms with Crippen LogP contribution in [0.3, 0.4) is 0 Å². The molecule has 0 spiro atoms. The van der Waals surface area contributed by atoms with Crippen molar-refractivity contribution in [1.82, 2.24) is 9.97 Å². The van der Waals surface area contributed by atoms with Crippen LogP contribution in [0.2, 0.25) is 0 Å². The molecular formula is C10H18N4S. The molecule has 0 aromatic carbocycles. The second-order valence-electron chi connectivity index (χ2n) is 3.34. The van der Waals surface area contributed by atoms with Crippen molar-refractivity contribution in [2.45, 2.75) is 26.3 Å². The van der Waals surface area contributed by atoms with Crippen LogP contribution in [0.4, 0.5) is 11.8 Å². The molecule has 1 aromatic rings. The van der Waals surface area contributed by atoms with Crippen LogP contribution in [0, 0.1) is 0 Å². The highest BCUT2D eigenvalue weighted by molar-refractivity contribution is 7.99. The smallest absolute Gasteiger partial charge is 0.224 e. The summed E-state index contributed by atoms with van der Waals surface area (Å²) in [6.07, 6.45) is 2.77. The predicted molar refractivity (Wildman–Crippen MR) is 67.1 cm³/mol. The number of nitrogen functional groups attached to an aromatic ring is 1. The van der Waals surface area contributed by atoms with Crippen LogP contribution in [-0.2, 0) is 0 Å². The van der Waals surface area contributed by atoms with Gasteiger partial charge in [0.2, 0.25) is 5.95 Å². The van der Waals surface area contributed by atoms with Gasteiger partial charge in [-0.1, -0.05) is 6.92 Å². The molecule has 0 aliphatic heterocycles. The lowest BCUT2D eigenvalue weighted by atomic mass is 10.3. The molecule has 1 atom stereocenters. The molecule has 5 heteroatoms. The van der Waals surface area contributed by atoms with Gasteiger partial charge < -0.3 is 11.1 Å². The maximum absolute atomic E-state index is 5.56. The van der Waals surface area contributed by atoms with E-state index in [9.17, 15) is 0 Å². The number of aromatic nitrogens is 2. The zero-order valence-corrected chi connectivity index (χ0v) is 10.0. The fourth-order valence-corrected chi connectivity index (χ4v) is 1.95. The Morgan fingerprint density at radius 1 is 1.60 bits per heavy atom. The van der Waals surface area contributed by atoms with Crippen molar-refractivity contribution in [1.29, 1.82) is 0 Å². The molecule has 0 radical (unpaired) electrons. The Morgan fingerprint density at radius 2 is 2.40 bits per heavy atom. The molecule has 84 valence electrons. The van der Waals surface area contributed by atoms with Crippen molar-refractivity contribution in [3.8, 4) is 0 Å². The van der Waals surface area contributed by atoms with Crippen LogP contribution in [-0.4, -0.2) is 27.5 Å². The summed E-state index contributed by atoms with van der Waals surface area (Å²) in [6.45, 7) is 4.30. The van der Waals surface area contributed by atoms with E-state index in [4.69, 9.17) is 5.73 Å². The van der Waals surface area contributed by atoms with E-state index in [0.717, 1.165) is 12.2 Å². The third-order valence-electron chi connectivity index (χ3n) is 1.95. The Labute approximate surface area is 95.1 Å². The first-order chi connectivity index (χ1) is 7.22.